The van der Waals surface area contributed by atoms with E-state index in [-0.39, 0.29) is 22.9 Å². The summed E-state index contributed by atoms with van der Waals surface area (Å²) in [5.41, 5.74) is 1.67. The Kier molecular flexibility index (Phi) is 5.95. The Morgan fingerprint density at radius 2 is 1.62 bits per heavy atom. The lowest BCUT2D eigenvalue weighted by Crippen LogP contribution is -2.49. The van der Waals surface area contributed by atoms with Gasteiger partial charge in [0.25, 0.3) is 5.69 Å². The van der Waals surface area contributed by atoms with Crippen LogP contribution in [0.1, 0.15) is 43.4 Å². The Morgan fingerprint density at radius 1 is 0.881 bits per heavy atom. The van der Waals surface area contributed by atoms with Crippen molar-refractivity contribution in [1.82, 2.24) is 4.90 Å². The van der Waals surface area contributed by atoms with E-state index in [1.165, 1.54) is 24.3 Å². The summed E-state index contributed by atoms with van der Waals surface area (Å²) in [6, 6.07) is 25.5. The Labute approximate surface area is 248 Å². The highest BCUT2D eigenvalue weighted by atomic mass is 79.9. The van der Waals surface area contributed by atoms with Gasteiger partial charge in [-0.25, -0.2) is 0 Å². The van der Waals surface area contributed by atoms with Gasteiger partial charge >= 0.3 is 0 Å². The molecule has 0 radical (unpaired) electrons. The predicted molar refractivity (Wildman–Crippen MR) is 160 cm³/mol. The zero-order valence-corrected chi connectivity index (χ0v) is 23.5. The summed E-state index contributed by atoms with van der Waals surface area (Å²) in [4.78, 5) is 56.6. The molecule has 4 aromatic rings. The molecule has 7 rings (SSSR count). The highest BCUT2D eigenvalue weighted by Crippen LogP contribution is 2.62. The van der Waals surface area contributed by atoms with E-state index in [2.05, 4.69) is 21.2 Å². The Balaban J connectivity index is 1.53. The van der Waals surface area contributed by atoms with Crippen molar-refractivity contribution in [1.29, 1.82) is 0 Å². The molecule has 42 heavy (non-hydrogen) atoms. The maximum Gasteiger partial charge on any atom is 0.270 e. The number of nitrogens with zero attached hydrogens (tertiary/aromatic N) is 2. The zero-order valence-electron chi connectivity index (χ0n) is 21.9. The number of carbonyl (C=O) groups excluding carboxylic acids is 3. The molecule has 3 aliphatic rings. The van der Waals surface area contributed by atoms with Crippen LogP contribution < -0.4 is 5.32 Å². The van der Waals surface area contributed by atoms with Crippen LogP contribution >= 0.6 is 15.9 Å². The highest BCUT2D eigenvalue weighted by Gasteiger charge is 2.70. The molecule has 1 saturated heterocycles. The molecule has 0 saturated carbocycles. The van der Waals surface area contributed by atoms with Crippen molar-refractivity contribution in [2.75, 3.05) is 5.32 Å². The fourth-order valence-corrected chi connectivity index (χ4v) is 7.17. The first-order valence-corrected chi connectivity index (χ1v) is 14.2. The molecule has 8 nitrogen and oxygen atoms in total. The number of para-hydroxylation sites is 1. The normalized spacial score (nSPS) is 23.2. The van der Waals surface area contributed by atoms with E-state index < -0.39 is 34.1 Å². The first kappa shape index (κ1) is 26.0. The number of carbonyl (C=O) groups is 3. The van der Waals surface area contributed by atoms with Crippen molar-refractivity contribution in [3.63, 3.8) is 0 Å². The van der Waals surface area contributed by atoms with Gasteiger partial charge in [0, 0.05) is 39.6 Å². The minimum Gasteiger partial charge on any atom is -0.358 e. The van der Waals surface area contributed by atoms with Gasteiger partial charge in [-0.2, -0.15) is 0 Å². The van der Waals surface area contributed by atoms with Crippen molar-refractivity contribution in [2.24, 2.45) is 5.92 Å². The summed E-state index contributed by atoms with van der Waals surface area (Å²) >= 11 is 3.42. The Morgan fingerprint density at radius 3 is 2.40 bits per heavy atom. The van der Waals surface area contributed by atoms with Crippen LogP contribution in [-0.2, 0) is 10.2 Å². The van der Waals surface area contributed by atoms with Crippen LogP contribution in [0.4, 0.5) is 11.4 Å². The van der Waals surface area contributed by atoms with E-state index in [1.807, 2.05) is 53.4 Å². The molecule has 0 bridgehead atoms. The standard InChI is InChI=1S/C33H22BrN3O5/c34-22-14-12-20(13-15-22)29(38)27-28(30(39)21-7-5-8-23(18-21)37(41)42)36-17-16-19-6-1-2-9-24(19)31(36)33(27)25-10-3-4-11-26(25)35-32(33)40/h1-18,27-28,31H,(H,35,40). The third-order valence-electron chi connectivity index (χ3n) is 8.59. The van der Waals surface area contributed by atoms with Gasteiger partial charge in [0.2, 0.25) is 5.91 Å². The number of amides is 1. The molecule has 1 amide bonds. The summed E-state index contributed by atoms with van der Waals surface area (Å²) in [5.74, 6) is -2.36. The van der Waals surface area contributed by atoms with Crippen molar-refractivity contribution in [2.45, 2.75) is 17.5 Å². The second-order valence-corrected chi connectivity index (χ2v) is 11.5. The van der Waals surface area contributed by atoms with Crippen molar-refractivity contribution >= 4 is 50.9 Å². The van der Waals surface area contributed by atoms with Gasteiger partial charge in [0.05, 0.1) is 16.9 Å². The Hall–Kier alpha value is -4.89. The molecule has 1 N–H and O–H groups in total. The monoisotopic (exact) mass is 619 g/mol. The number of non-ortho nitro benzene ring substituents is 1. The summed E-state index contributed by atoms with van der Waals surface area (Å²) in [7, 11) is 0. The van der Waals surface area contributed by atoms with Gasteiger partial charge in [0.15, 0.2) is 11.6 Å². The third-order valence-corrected chi connectivity index (χ3v) is 9.12. The van der Waals surface area contributed by atoms with E-state index in [0.29, 0.717) is 16.8 Å². The number of hydrogen-bond acceptors (Lipinski definition) is 6. The molecule has 4 unspecified atom stereocenters. The quantitative estimate of drug-likeness (QED) is 0.159. The van der Waals surface area contributed by atoms with Crippen molar-refractivity contribution < 1.29 is 19.3 Å². The number of rotatable bonds is 5. The lowest BCUT2D eigenvalue weighted by molar-refractivity contribution is -0.384. The molecule has 0 aliphatic carbocycles. The number of anilines is 1. The van der Waals surface area contributed by atoms with E-state index in [1.54, 1.807) is 36.5 Å². The summed E-state index contributed by atoms with van der Waals surface area (Å²) in [6.07, 6.45) is 3.65. The number of Topliss-reactive ketones (excluding diaryl/α,β-unsaturated/α-hetero) is 2. The van der Waals surface area contributed by atoms with E-state index in [9.17, 15) is 24.5 Å². The number of fused-ring (bicyclic) bond motifs is 6. The summed E-state index contributed by atoms with van der Waals surface area (Å²) in [6.45, 7) is 0. The first-order valence-electron chi connectivity index (χ1n) is 13.4. The maximum atomic E-state index is 14.7. The lowest BCUT2D eigenvalue weighted by atomic mass is 9.62. The van der Waals surface area contributed by atoms with Crippen LogP contribution in [0.25, 0.3) is 6.08 Å². The lowest BCUT2D eigenvalue weighted by Gasteiger charge is -2.38. The van der Waals surface area contributed by atoms with Crippen LogP contribution in [0, 0.1) is 16.0 Å². The fraction of sp³-hybridized carbons (Fsp3) is 0.121. The molecule has 206 valence electrons. The molecular formula is C33H22BrN3O5. The zero-order chi connectivity index (χ0) is 29.2. The number of benzene rings is 4. The summed E-state index contributed by atoms with van der Waals surface area (Å²) < 4.78 is 0.780. The minimum absolute atomic E-state index is 0.0950. The predicted octanol–water partition coefficient (Wildman–Crippen LogP) is 6.34. The molecule has 4 aromatic carbocycles. The van der Waals surface area contributed by atoms with Crippen LogP contribution in [0.2, 0.25) is 0 Å². The molecule has 3 heterocycles. The molecule has 1 fully saturated rings. The molecule has 1 spiro atoms. The molecule has 4 atom stereocenters. The van der Waals surface area contributed by atoms with Crippen LogP contribution in [0.15, 0.2) is 108 Å². The SMILES string of the molecule is O=C(c1cccc([N+](=O)[O-])c1)C1C(C(=O)c2ccc(Br)cc2)C2(C(=O)Nc3ccccc32)C2c3ccccc3C=CN12. The number of hydrogen-bond donors (Lipinski definition) is 1. The average molecular weight is 620 g/mol. The number of nitro benzene ring substituents is 1. The number of ketones is 2. The smallest absolute Gasteiger partial charge is 0.270 e. The van der Waals surface area contributed by atoms with Crippen molar-refractivity contribution in [3.05, 3.63) is 146 Å². The van der Waals surface area contributed by atoms with Crippen LogP contribution in [0.5, 0.6) is 0 Å². The van der Waals surface area contributed by atoms with Crippen LogP contribution in [0.3, 0.4) is 0 Å². The van der Waals surface area contributed by atoms with Gasteiger partial charge in [-0.15, -0.1) is 0 Å². The molecule has 3 aliphatic heterocycles. The maximum absolute atomic E-state index is 14.7. The topological polar surface area (TPSA) is 110 Å². The van der Waals surface area contributed by atoms with E-state index >= 15 is 0 Å². The second-order valence-electron chi connectivity index (χ2n) is 10.6. The van der Waals surface area contributed by atoms with E-state index in [4.69, 9.17) is 0 Å². The molecule has 9 heteroatoms. The second kappa shape index (κ2) is 9.60. The third kappa shape index (κ3) is 3.63. The van der Waals surface area contributed by atoms with Crippen molar-refractivity contribution in [3.8, 4) is 0 Å². The highest BCUT2D eigenvalue weighted by molar-refractivity contribution is 9.10. The van der Waals surface area contributed by atoms with E-state index in [0.717, 1.165) is 15.6 Å². The van der Waals surface area contributed by atoms with Crippen LogP contribution in [-0.4, -0.2) is 33.3 Å². The minimum atomic E-state index is -1.47. The van der Waals surface area contributed by atoms with Gasteiger partial charge in [-0.05, 0) is 41.0 Å². The Bertz CT molecular complexity index is 1850. The average Bonchev–Trinajstić information content (AvgIpc) is 3.49. The largest absolute Gasteiger partial charge is 0.358 e. The number of nitrogens with one attached hydrogen (secondary N) is 1. The molecule has 0 aromatic heterocycles. The number of nitro groups is 1. The van der Waals surface area contributed by atoms with Gasteiger partial charge in [-0.1, -0.05) is 82.7 Å². The van der Waals surface area contributed by atoms with Gasteiger partial charge in [-0.3, -0.25) is 24.5 Å². The van der Waals surface area contributed by atoms with Gasteiger partial charge < -0.3 is 10.2 Å². The fourth-order valence-electron chi connectivity index (χ4n) is 6.90. The van der Waals surface area contributed by atoms with Gasteiger partial charge in [0.1, 0.15) is 11.5 Å². The summed E-state index contributed by atoms with van der Waals surface area (Å²) in [5, 5.41) is 14.6. The number of halogens is 1. The molecular weight excluding hydrogens is 598 g/mol. The first-order chi connectivity index (χ1) is 20.3.